The topological polar surface area (TPSA) is 70.3 Å². The van der Waals surface area contributed by atoms with Gasteiger partial charge in [0, 0.05) is 31.9 Å². The van der Waals surface area contributed by atoms with Crippen molar-refractivity contribution in [1.82, 2.24) is 14.9 Å². The molecule has 0 aliphatic carbocycles. The number of hydrogen-bond donors (Lipinski definition) is 2. The van der Waals surface area contributed by atoms with Crippen molar-refractivity contribution in [3.05, 3.63) is 35.7 Å². The number of aryl methyl sites for hydroxylation is 2. The zero-order chi connectivity index (χ0) is 16.4. The van der Waals surface area contributed by atoms with Gasteiger partial charge < -0.3 is 20.9 Å². The Hall–Kier alpha value is -2.34. The molecule has 6 heteroatoms. The highest BCUT2D eigenvalue weighted by Gasteiger charge is 2.19. The summed E-state index contributed by atoms with van der Waals surface area (Å²) in [6, 6.07) is 6.29. The summed E-state index contributed by atoms with van der Waals surface area (Å²) in [5.41, 5.74) is 10.3. The number of nitrogens with zero attached hydrogens (tertiary/aromatic N) is 4. The van der Waals surface area contributed by atoms with E-state index in [9.17, 15) is 0 Å². The second-order valence-corrected chi connectivity index (χ2v) is 6.19. The quantitative estimate of drug-likeness (QED) is 0.905. The third-order valence-electron chi connectivity index (χ3n) is 4.31. The molecular formula is C17H24N6. The van der Waals surface area contributed by atoms with Crippen LogP contribution >= 0.6 is 0 Å². The van der Waals surface area contributed by atoms with Crippen LogP contribution in [0.3, 0.4) is 0 Å². The third kappa shape index (κ3) is 3.37. The summed E-state index contributed by atoms with van der Waals surface area (Å²) >= 11 is 0. The summed E-state index contributed by atoms with van der Waals surface area (Å²) in [6.07, 6.45) is 1.58. The van der Waals surface area contributed by atoms with Crippen LogP contribution in [0.15, 0.2) is 24.5 Å². The van der Waals surface area contributed by atoms with E-state index < -0.39 is 0 Å². The molecule has 23 heavy (non-hydrogen) atoms. The van der Waals surface area contributed by atoms with Crippen LogP contribution in [0.5, 0.6) is 0 Å². The molecule has 1 aromatic carbocycles. The first-order valence-corrected chi connectivity index (χ1v) is 7.93. The fourth-order valence-electron chi connectivity index (χ4n) is 2.75. The fourth-order valence-corrected chi connectivity index (χ4v) is 2.75. The Labute approximate surface area is 137 Å². The van der Waals surface area contributed by atoms with Crippen LogP contribution in [0, 0.1) is 13.8 Å². The van der Waals surface area contributed by atoms with Crippen LogP contribution in [0.1, 0.15) is 11.1 Å². The van der Waals surface area contributed by atoms with Crippen molar-refractivity contribution in [2.24, 2.45) is 0 Å². The molecule has 0 spiro atoms. The normalized spacial score (nSPS) is 15.7. The van der Waals surface area contributed by atoms with E-state index in [0.29, 0.717) is 11.5 Å². The van der Waals surface area contributed by atoms with E-state index in [0.717, 1.165) is 43.2 Å². The average molecular weight is 312 g/mol. The van der Waals surface area contributed by atoms with E-state index in [4.69, 9.17) is 5.73 Å². The summed E-state index contributed by atoms with van der Waals surface area (Å²) in [4.78, 5) is 13.3. The molecule has 0 bridgehead atoms. The molecule has 0 radical (unpaired) electrons. The monoisotopic (exact) mass is 312 g/mol. The Bertz CT molecular complexity index is 691. The Kier molecular flexibility index (Phi) is 4.34. The molecule has 0 amide bonds. The van der Waals surface area contributed by atoms with Crippen molar-refractivity contribution in [2.45, 2.75) is 13.8 Å². The lowest BCUT2D eigenvalue weighted by Gasteiger charge is -2.33. The largest absolute Gasteiger partial charge is 0.393 e. The number of nitrogens with one attached hydrogen (secondary N) is 1. The van der Waals surface area contributed by atoms with Gasteiger partial charge in [-0.25, -0.2) is 9.97 Å². The van der Waals surface area contributed by atoms with Gasteiger partial charge >= 0.3 is 0 Å². The molecule has 1 aromatic heterocycles. The number of rotatable bonds is 3. The highest BCUT2D eigenvalue weighted by atomic mass is 15.3. The number of hydrogen-bond acceptors (Lipinski definition) is 6. The number of benzene rings is 1. The third-order valence-corrected chi connectivity index (χ3v) is 4.31. The Morgan fingerprint density at radius 1 is 1.09 bits per heavy atom. The van der Waals surface area contributed by atoms with Crippen molar-refractivity contribution in [3.63, 3.8) is 0 Å². The van der Waals surface area contributed by atoms with Gasteiger partial charge in [-0.3, -0.25) is 0 Å². The first kappa shape index (κ1) is 15.6. The first-order valence-electron chi connectivity index (χ1n) is 7.93. The van der Waals surface area contributed by atoms with Gasteiger partial charge in [-0.2, -0.15) is 0 Å². The van der Waals surface area contributed by atoms with Crippen molar-refractivity contribution in [3.8, 4) is 0 Å². The molecule has 1 fully saturated rings. The number of nitrogens with two attached hydrogens (primary N) is 1. The van der Waals surface area contributed by atoms with E-state index in [2.05, 4.69) is 64.2 Å². The number of aromatic nitrogens is 2. The van der Waals surface area contributed by atoms with Gasteiger partial charge in [-0.15, -0.1) is 0 Å². The summed E-state index contributed by atoms with van der Waals surface area (Å²) in [6.45, 7) is 8.04. The van der Waals surface area contributed by atoms with Crippen molar-refractivity contribution < 1.29 is 0 Å². The summed E-state index contributed by atoms with van der Waals surface area (Å²) in [5, 5.41) is 3.36. The maximum absolute atomic E-state index is 6.34. The molecule has 1 aliphatic rings. The van der Waals surface area contributed by atoms with Crippen LogP contribution in [0.2, 0.25) is 0 Å². The molecular weight excluding hydrogens is 288 g/mol. The highest BCUT2D eigenvalue weighted by molar-refractivity contribution is 5.79. The smallest absolute Gasteiger partial charge is 0.159 e. The standard InChI is InChI=1S/C17H24N6/c1-12-4-5-13(2)14(10-12)21-16-15(18)17(20-11-19-16)23-8-6-22(3)7-9-23/h4-5,10-11H,6-9,18H2,1-3H3,(H,19,20,21). The van der Waals surface area contributed by atoms with Crippen LogP contribution in [0.25, 0.3) is 0 Å². The minimum atomic E-state index is 0.609. The minimum Gasteiger partial charge on any atom is -0.393 e. The van der Waals surface area contributed by atoms with Crippen molar-refractivity contribution in [2.75, 3.05) is 49.2 Å². The predicted octanol–water partition coefficient (Wildman–Crippen LogP) is 2.17. The molecule has 1 saturated heterocycles. The molecule has 0 unspecified atom stereocenters. The van der Waals surface area contributed by atoms with E-state index in [1.54, 1.807) is 6.33 Å². The zero-order valence-corrected chi connectivity index (χ0v) is 14.0. The Balaban J connectivity index is 1.86. The lowest BCUT2D eigenvalue weighted by molar-refractivity contribution is 0.312. The summed E-state index contributed by atoms with van der Waals surface area (Å²) < 4.78 is 0. The van der Waals surface area contributed by atoms with Crippen LogP contribution in [-0.2, 0) is 0 Å². The molecule has 6 nitrogen and oxygen atoms in total. The molecule has 2 heterocycles. The molecule has 122 valence electrons. The SMILES string of the molecule is Cc1ccc(C)c(Nc2ncnc(N3CCN(C)CC3)c2N)c1. The number of nitrogen functional groups attached to an aromatic ring is 1. The predicted molar refractivity (Wildman–Crippen MR) is 95.4 cm³/mol. The van der Waals surface area contributed by atoms with E-state index in [-0.39, 0.29) is 0 Å². The molecule has 3 N–H and O–H groups in total. The van der Waals surface area contributed by atoms with Gasteiger partial charge in [0.15, 0.2) is 11.6 Å². The van der Waals surface area contributed by atoms with E-state index in [1.807, 2.05) is 0 Å². The van der Waals surface area contributed by atoms with Gasteiger partial charge in [-0.1, -0.05) is 12.1 Å². The van der Waals surface area contributed by atoms with Gasteiger partial charge in [0.05, 0.1) is 0 Å². The van der Waals surface area contributed by atoms with E-state index in [1.165, 1.54) is 5.56 Å². The van der Waals surface area contributed by atoms with Gasteiger partial charge in [0.1, 0.15) is 12.0 Å². The van der Waals surface area contributed by atoms with E-state index >= 15 is 0 Å². The number of anilines is 4. The molecule has 0 saturated carbocycles. The second kappa shape index (κ2) is 6.42. The van der Waals surface area contributed by atoms with Gasteiger partial charge in [0.2, 0.25) is 0 Å². The second-order valence-electron chi connectivity index (χ2n) is 6.19. The number of likely N-dealkylation sites (N-methyl/N-ethyl adjacent to an activating group) is 1. The summed E-state index contributed by atoms with van der Waals surface area (Å²) in [5.74, 6) is 1.49. The van der Waals surface area contributed by atoms with Gasteiger partial charge in [-0.05, 0) is 38.1 Å². The Morgan fingerprint density at radius 2 is 1.83 bits per heavy atom. The minimum absolute atomic E-state index is 0.609. The highest BCUT2D eigenvalue weighted by Crippen LogP contribution is 2.30. The van der Waals surface area contributed by atoms with Gasteiger partial charge in [0.25, 0.3) is 0 Å². The van der Waals surface area contributed by atoms with Crippen LogP contribution in [0.4, 0.5) is 23.0 Å². The maximum atomic E-state index is 6.34. The number of piperazine rings is 1. The molecule has 3 rings (SSSR count). The average Bonchev–Trinajstić information content (AvgIpc) is 2.54. The zero-order valence-electron chi connectivity index (χ0n) is 14.0. The van der Waals surface area contributed by atoms with Crippen LogP contribution in [-0.4, -0.2) is 48.1 Å². The molecule has 1 aliphatic heterocycles. The van der Waals surface area contributed by atoms with Crippen molar-refractivity contribution in [1.29, 1.82) is 0 Å². The first-order chi connectivity index (χ1) is 11.0. The van der Waals surface area contributed by atoms with Crippen LogP contribution < -0.4 is 16.0 Å². The lowest BCUT2D eigenvalue weighted by Crippen LogP contribution is -2.45. The van der Waals surface area contributed by atoms with Crippen molar-refractivity contribution >= 4 is 23.0 Å². The lowest BCUT2D eigenvalue weighted by atomic mass is 10.1. The summed E-state index contributed by atoms with van der Waals surface area (Å²) in [7, 11) is 2.13. The fraction of sp³-hybridized carbons (Fsp3) is 0.412. The molecule has 0 atom stereocenters. The maximum Gasteiger partial charge on any atom is 0.159 e. The molecule has 2 aromatic rings. The Morgan fingerprint density at radius 3 is 2.57 bits per heavy atom.